The summed E-state index contributed by atoms with van der Waals surface area (Å²) in [4.78, 5) is 20.4. The van der Waals surface area contributed by atoms with Gasteiger partial charge in [-0.3, -0.25) is 14.3 Å². The molecule has 1 fully saturated rings. The number of hydrogen-bond acceptors (Lipinski definition) is 3. The molecule has 1 saturated heterocycles. The Bertz CT molecular complexity index is 872. The van der Waals surface area contributed by atoms with Crippen LogP contribution in [0.3, 0.4) is 0 Å². The minimum atomic E-state index is -0.522. The van der Waals surface area contributed by atoms with Gasteiger partial charge in [0.25, 0.3) is 5.56 Å². The second kappa shape index (κ2) is 8.39. The molecule has 0 saturated carbocycles. The second-order valence-corrected chi connectivity index (χ2v) is 8.83. The molecule has 0 amide bonds. The van der Waals surface area contributed by atoms with E-state index < -0.39 is 5.82 Å². The number of fused-ring (bicyclic) bond motifs is 1. The molecule has 2 aromatic rings. The van der Waals surface area contributed by atoms with Crippen LogP contribution in [0.4, 0.5) is 4.39 Å². The molecule has 0 spiro atoms. The maximum atomic E-state index is 14.6. The highest BCUT2D eigenvalue weighted by Crippen LogP contribution is 2.32. The van der Waals surface area contributed by atoms with E-state index in [0.29, 0.717) is 28.4 Å². The summed E-state index contributed by atoms with van der Waals surface area (Å²) in [6, 6.07) is 3.45. The molecule has 1 aliphatic rings. The van der Waals surface area contributed by atoms with Gasteiger partial charge in [0.1, 0.15) is 11.2 Å². The van der Waals surface area contributed by atoms with Crippen LogP contribution in [0.5, 0.6) is 0 Å². The first kappa shape index (κ1) is 20.5. The Morgan fingerprint density at radius 2 is 1.93 bits per heavy atom. The van der Waals surface area contributed by atoms with Crippen molar-refractivity contribution in [3.63, 3.8) is 0 Å². The fourth-order valence-electron chi connectivity index (χ4n) is 4.53. The van der Waals surface area contributed by atoms with Gasteiger partial charge in [-0.1, -0.05) is 27.2 Å². The van der Waals surface area contributed by atoms with Gasteiger partial charge < -0.3 is 0 Å². The second-order valence-electron chi connectivity index (χ2n) is 7.98. The molecular weight excluding hydrogens is 409 g/mol. The van der Waals surface area contributed by atoms with Crippen LogP contribution >= 0.6 is 15.9 Å². The molecule has 0 bridgehead atoms. The molecule has 1 aromatic carbocycles. The van der Waals surface area contributed by atoms with Crippen molar-refractivity contribution in [3.8, 4) is 0 Å². The number of hydrogen-bond donors (Lipinski definition) is 0. The SMILES string of the molecule is CCCC(c1nc2ccc(Br)c(F)c2c(=O)n1CC)N1C[C@H](C)C[C@H](C)C1. The van der Waals surface area contributed by atoms with Gasteiger partial charge in [0.2, 0.25) is 0 Å². The number of halogens is 2. The van der Waals surface area contributed by atoms with E-state index in [9.17, 15) is 9.18 Å². The van der Waals surface area contributed by atoms with E-state index in [2.05, 4.69) is 41.6 Å². The Labute approximate surface area is 168 Å². The topological polar surface area (TPSA) is 38.1 Å². The third-order valence-corrected chi connectivity index (χ3v) is 6.17. The van der Waals surface area contributed by atoms with Crippen LogP contribution in [0.25, 0.3) is 10.9 Å². The smallest absolute Gasteiger partial charge is 0.264 e. The zero-order valence-corrected chi connectivity index (χ0v) is 18.2. The van der Waals surface area contributed by atoms with E-state index >= 15 is 0 Å². The molecule has 0 aliphatic carbocycles. The Morgan fingerprint density at radius 3 is 2.52 bits per heavy atom. The van der Waals surface area contributed by atoms with Crippen molar-refractivity contribution in [2.45, 2.75) is 59.5 Å². The summed E-state index contributed by atoms with van der Waals surface area (Å²) >= 11 is 3.19. The van der Waals surface area contributed by atoms with Crippen molar-refractivity contribution in [2.24, 2.45) is 11.8 Å². The Balaban J connectivity index is 2.17. The average Bonchev–Trinajstić information content (AvgIpc) is 2.61. The normalized spacial score (nSPS) is 22.3. The molecule has 1 aliphatic heterocycles. The van der Waals surface area contributed by atoms with Gasteiger partial charge in [-0.05, 0) is 59.7 Å². The van der Waals surface area contributed by atoms with Crippen molar-refractivity contribution in [3.05, 3.63) is 38.6 Å². The van der Waals surface area contributed by atoms with Gasteiger partial charge in [-0.15, -0.1) is 0 Å². The third-order valence-electron chi connectivity index (χ3n) is 5.56. The fourth-order valence-corrected chi connectivity index (χ4v) is 4.86. The lowest BCUT2D eigenvalue weighted by Crippen LogP contribution is -2.43. The zero-order valence-electron chi connectivity index (χ0n) is 16.6. The van der Waals surface area contributed by atoms with Gasteiger partial charge in [0.05, 0.1) is 16.0 Å². The minimum absolute atomic E-state index is 0.0746. The predicted octanol–water partition coefficient (Wildman–Crippen LogP) is 5.14. The summed E-state index contributed by atoms with van der Waals surface area (Å²) < 4.78 is 16.6. The quantitative estimate of drug-likeness (QED) is 0.649. The van der Waals surface area contributed by atoms with Crippen LogP contribution in [0.15, 0.2) is 21.4 Å². The average molecular weight is 438 g/mol. The summed E-state index contributed by atoms with van der Waals surface area (Å²) in [6.45, 7) is 11.2. The Kier molecular flexibility index (Phi) is 6.36. The molecule has 0 radical (unpaired) electrons. The first-order chi connectivity index (χ1) is 12.9. The minimum Gasteiger partial charge on any atom is -0.295 e. The van der Waals surface area contributed by atoms with Gasteiger partial charge >= 0.3 is 0 Å². The summed E-state index contributed by atoms with van der Waals surface area (Å²) in [5.41, 5.74) is 0.162. The fraction of sp³-hybridized carbons (Fsp3) is 0.619. The summed E-state index contributed by atoms with van der Waals surface area (Å²) in [5.74, 6) is 1.51. The van der Waals surface area contributed by atoms with Crippen molar-refractivity contribution in [2.75, 3.05) is 13.1 Å². The maximum Gasteiger partial charge on any atom is 0.264 e. The molecule has 3 rings (SSSR count). The van der Waals surface area contributed by atoms with Gasteiger partial charge in [0.15, 0.2) is 5.82 Å². The largest absolute Gasteiger partial charge is 0.295 e. The predicted molar refractivity (Wildman–Crippen MR) is 112 cm³/mol. The number of piperidine rings is 1. The zero-order chi connectivity index (χ0) is 19.7. The van der Waals surface area contributed by atoms with Crippen LogP contribution in [-0.4, -0.2) is 27.5 Å². The van der Waals surface area contributed by atoms with Crippen LogP contribution in [0.2, 0.25) is 0 Å². The van der Waals surface area contributed by atoms with Crippen LogP contribution in [0, 0.1) is 17.7 Å². The molecule has 148 valence electrons. The van der Waals surface area contributed by atoms with Crippen molar-refractivity contribution < 1.29 is 4.39 Å². The first-order valence-corrected chi connectivity index (χ1v) is 10.8. The molecule has 6 heteroatoms. The first-order valence-electron chi connectivity index (χ1n) is 9.99. The van der Waals surface area contributed by atoms with E-state index in [4.69, 9.17) is 4.98 Å². The number of likely N-dealkylation sites (tertiary alicyclic amines) is 1. The lowest BCUT2D eigenvalue weighted by molar-refractivity contribution is 0.0836. The van der Waals surface area contributed by atoms with E-state index in [1.54, 1.807) is 16.7 Å². The maximum absolute atomic E-state index is 14.6. The van der Waals surface area contributed by atoms with Crippen LogP contribution in [0.1, 0.15) is 58.8 Å². The number of aromatic nitrogens is 2. The monoisotopic (exact) mass is 437 g/mol. The molecule has 4 nitrogen and oxygen atoms in total. The van der Waals surface area contributed by atoms with Gasteiger partial charge in [0, 0.05) is 19.6 Å². The van der Waals surface area contributed by atoms with Crippen LogP contribution in [-0.2, 0) is 6.54 Å². The van der Waals surface area contributed by atoms with Gasteiger partial charge in [-0.2, -0.15) is 0 Å². The summed E-state index contributed by atoms with van der Waals surface area (Å²) in [5, 5.41) is 0.0746. The highest BCUT2D eigenvalue weighted by Gasteiger charge is 2.31. The van der Waals surface area contributed by atoms with Gasteiger partial charge in [-0.25, -0.2) is 9.37 Å². The molecular formula is C21H29BrFN3O. The molecule has 1 aromatic heterocycles. The van der Waals surface area contributed by atoms with E-state index in [1.165, 1.54) is 6.42 Å². The number of rotatable bonds is 5. The van der Waals surface area contributed by atoms with Crippen molar-refractivity contribution in [1.29, 1.82) is 0 Å². The highest BCUT2D eigenvalue weighted by molar-refractivity contribution is 9.10. The summed E-state index contributed by atoms with van der Waals surface area (Å²) in [7, 11) is 0. The molecule has 27 heavy (non-hydrogen) atoms. The highest BCUT2D eigenvalue weighted by atomic mass is 79.9. The molecule has 2 heterocycles. The summed E-state index contributed by atoms with van der Waals surface area (Å²) in [6.07, 6.45) is 3.19. The number of nitrogens with zero attached hydrogens (tertiary/aromatic N) is 3. The molecule has 1 unspecified atom stereocenters. The lowest BCUT2D eigenvalue weighted by Gasteiger charge is -2.40. The Hall–Kier alpha value is -1.27. The van der Waals surface area contributed by atoms with Crippen LogP contribution < -0.4 is 5.56 Å². The van der Waals surface area contributed by atoms with Crippen molar-refractivity contribution >= 4 is 26.8 Å². The Morgan fingerprint density at radius 1 is 1.26 bits per heavy atom. The van der Waals surface area contributed by atoms with Crippen molar-refractivity contribution in [1.82, 2.24) is 14.5 Å². The standard InChI is InChI=1S/C21H29BrFN3O/c1-5-7-17(25-11-13(3)10-14(4)12-25)20-24-16-9-8-15(22)19(23)18(16)21(27)26(20)6-2/h8-9,13-14,17H,5-7,10-12H2,1-4H3/t13-,14+,17?. The van der Waals surface area contributed by atoms with E-state index in [0.717, 1.165) is 31.8 Å². The molecule has 3 atom stereocenters. The third kappa shape index (κ3) is 3.97. The van der Waals surface area contributed by atoms with E-state index in [1.807, 2.05) is 6.92 Å². The van der Waals surface area contributed by atoms with E-state index in [-0.39, 0.29) is 17.0 Å². The lowest BCUT2D eigenvalue weighted by atomic mass is 9.90. The molecule has 0 N–H and O–H groups in total. The number of benzene rings is 1.